The summed E-state index contributed by atoms with van der Waals surface area (Å²) >= 11 is 0. The number of nitrogens with zero attached hydrogens (tertiary/aromatic N) is 4. The fraction of sp³-hybridized carbons (Fsp3) is 0.156. The van der Waals surface area contributed by atoms with Gasteiger partial charge >= 0.3 is 6.09 Å². The number of benzene rings is 6. The summed E-state index contributed by atoms with van der Waals surface area (Å²) in [6.45, 7) is 4.45. The van der Waals surface area contributed by atoms with E-state index in [4.69, 9.17) is 15.0 Å². The number of nitrogens with one attached hydrogen (secondary N) is 1. The standard InChI is InChI=1S/C45H41N5O2/c1-33(2)42(46-44(51)52-32-35-17-7-3-8-18-35)31-34-27-29-36(30-28-34)40-25-15-16-26-41(40)43-47-48-49-50(43)45(37-19-9-4-10-20-37,38-21-11-5-12-22-38)39-23-13-6-14-24-39/h3-30,33,42H,31-32H2,1-2H3,(H,46,51). The molecule has 0 spiro atoms. The zero-order chi connectivity index (χ0) is 35.8. The average Bonchev–Trinajstić information content (AvgIpc) is 3.69. The van der Waals surface area contributed by atoms with Crippen LogP contribution in [0.5, 0.6) is 0 Å². The zero-order valence-electron chi connectivity index (χ0n) is 29.3. The third-order valence-electron chi connectivity index (χ3n) is 9.57. The van der Waals surface area contributed by atoms with Crippen molar-refractivity contribution in [3.63, 3.8) is 0 Å². The maximum Gasteiger partial charge on any atom is 0.407 e. The van der Waals surface area contributed by atoms with E-state index in [1.54, 1.807) is 0 Å². The van der Waals surface area contributed by atoms with Crippen molar-refractivity contribution in [1.29, 1.82) is 0 Å². The van der Waals surface area contributed by atoms with E-state index < -0.39 is 11.6 Å². The Labute approximate surface area is 305 Å². The highest BCUT2D eigenvalue weighted by Gasteiger charge is 2.42. The number of amides is 1. The SMILES string of the molecule is CC(C)C(Cc1ccc(-c2ccccc2-c2nnnn2C(c2ccccc2)(c2ccccc2)c2ccccc2)cc1)NC(=O)OCc1ccccc1. The molecular weight excluding hydrogens is 643 g/mol. The molecule has 7 nitrogen and oxygen atoms in total. The maximum atomic E-state index is 12.7. The topological polar surface area (TPSA) is 81.9 Å². The Morgan fingerprint density at radius 2 is 1.13 bits per heavy atom. The van der Waals surface area contributed by atoms with Gasteiger partial charge in [0.2, 0.25) is 0 Å². The van der Waals surface area contributed by atoms with E-state index in [0.29, 0.717) is 12.2 Å². The minimum absolute atomic E-state index is 0.0897. The van der Waals surface area contributed by atoms with E-state index in [1.165, 1.54) is 0 Å². The largest absolute Gasteiger partial charge is 0.445 e. The molecular formula is C45H41N5O2. The van der Waals surface area contributed by atoms with Crippen LogP contribution in [0.4, 0.5) is 4.79 Å². The number of aromatic nitrogens is 4. The van der Waals surface area contributed by atoms with Crippen LogP contribution in [0.3, 0.4) is 0 Å². The molecule has 0 radical (unpaired) electrons. The summed E-state index contributed by atoms with van der Waals surface area (Å²) in [5.74, 6) is 0.858. The van der Waals surface area contributed by atoms with Crippen molar-refractivity contribution in [2.45, 2.75) is 38.5 Å². The predicted octanol–water partition coefficient (Wildman–Crippen LogP) is 9.34. The summed E-state index contributed by atoms with van der Waals surface area (Å²) in [7, 11) is 0. The van der Waals surface area contributed by atoms with Gasteiger partial charge in [-0.1, -0.05) is 184 Å². The van der Waals surface area contributed by atoms with Gasteiger partial charge in [0.15, 0.2) is 5.82 Å². The molecule has 1 aromatic heterocycles. The molecule has 0 aliphatic rings. The molecule has 0 bridgehead atoms. The quantitative estimate of drug-likeness (QED) is 0.130. The van der Waals surface area contributed by atoms with Crippen LogP contribution in [-0.4, -0.2) is 32.3 Å². The van der Waals surface area contributed by atoms with Crippen molar-refractivity contribution in [2.24, 2.45) is 5.92 Å². The predicted molar refractivity (Wildman–Crippen MR) is 205 cm³/mol. The molecule has 7 aromatic rings. The molecule has 0 aliphatic heterocycles. The van der Waals surface area contributed by atoms with Crippen molar-refractivity contribution < 1.29 is 9.53 Å². The van der Waals surface area contributed by atoms with Crippen LogP contribution in [0.25, 0.3) is 22.5 Å². The minimum Gasteiger partial charge on any atom is -0.445 e. The second-order valence-corrected chi connectivity index (χ2v) is 13.2. The van der Waals surface area contributed by atoms with Gasteiger partial charge in [-0.25, -0.2) is 9.48 Å². The first-order valence-corrected chi connectivity index (χ1v) is 17.7. The van der Waals surface area contributed by atoms with Crippen LogP contribution in [0.15, 0.2) is 170 Å². The van der Waals surface area contributed by atoms with Gasteiger partial charge in [-0.2, -0.15) is 0 Å². The highest BCUT2D eigenvalue weighted by Crippen LogP contribution is 2.43. The number of carbonyl (C=O) groups is 1. The first-order chi connectivity index (χ1) is 25.5. The van der Waals surface area contributed by atoms with Gasteiger partial charge in [0.25, 0.3) is 0 Å². The second-order valence-electron chi connectivity index (χ2n) is 13.2. The molecule has 6 aromatic carbocycles. The molecule has 258 valence electrons. The summed E-state index contributed by atoms with van der Waals surface area (Å²) in [5.41, 5.74) is 7.29. The van der Waals surface area contributed by atoms with Crippen LogP contribution in [-0.2, 0) is 23.3 Å². The van der Waals surface area contributed by atoms with Gasteiger partial charge in [0.05, 0.1) is 0 Å². The van der Waals surface area contributed by atoms with Crippen LogP contribution < -0.4 is 5.32 Å². The normalized spacial score (nSPS) is 12.0. The molecule has 52 heavy (non-hydrogen) atoms. The molecule has 7 heteroatoms. The number of rotatable bonds is 12. The minimum atomic E-state index is -0.860. The van der Waals surface area contributed by atoms with E-state index in [-0.39, 0.29) is 18.6 Å². The molecule has 7 rings (SSSR count). The summed E-state index contributed by atoms with van der Waals surface area (Å²) in [6.07, 6.45) is 0.259. The monoisotopic (exact) mass is 683 g/mol. The molecule has 0 aliphatic carbocycles. The van der Waals surface area contributed by atoms with E-state index in [2.05, 4.69) is 134 Å². The Kier molecular flexibility index (Phi) is 10.3. The van der Waals surface area contributed by atoms with Gasteiger partial charge in [-0.05, 0) is 61.7 Å². The highest BCUT2D eigenvalue weighted by atomic mass is 16.5. The fourth-order valence-corrected chi connectivity index (χ4v) is 6.86. The smallest absolute Gasteiger partial charge is 0.407 e. The van der Waals surface area contributed by atoms with Crippen LogP contribution in [0.2, 0.25) is 0 Å². The van der Waals surface area contributed by atoms with Gasteiger partial charge in [0.1, 0.15) is 12.1 Å². The Morgan fingerprint density at radius 3 is 1.67 bits per heavy atom. The molecule has 0 saturated carbocycles. The van der Waals surface area contributed by atoms with Gasteiger partial charge in [0, 0.05) is 11.6 Å². The number of hydrogen-bond acceptors (Lipinski definition) is 5. The third-order valence-corrected chi connectivity index (χ3v) is 9.57. The van der Waals surface area contributed by atoms with Crippen LogP contribution >= 0.6 is 0 Å². The van der Waals surface area contributed by atoms with E-state index in [1.807, 2.05) is 65.3 Å². The summed E-state index contributed by atoms with van der Waals surface area (Å²) in [5, 5.41) is 16.9. The van der Waals surface area contributed by atoms with Crippen molar-refractivity contribution in [3.05, 3.63) is 198 Å². The molecule has 1 N–H and O–H groups in total. The molecule has 1 amide bonds. The number of ether oxygens (including phenoxy) is 1. The molecule has 1 unspecified atom stereocenters. The Balaban J connectivity index is 1.22. The number of hydrogen-bond donors (Lipinski definition) is 1. The number of tetrazole rings is 1. The lowest BCUT2D eigenvalue weighted by molar-refractivity contribution is 0.132. The Hall–Kier alpha value is -6.34. The van der Waals surface area contributed by atoms with Crippen molar-refractivity contribution in [1.82, 2.24) is 25.5 Å². The molecule has 0 fully saturated rings. The zero-order valence-corrected chi connectivity index (χ0v) is 29.3. The molecule has 0 saturated heterocycles. The average molecular weight is 684 g/mol. The Bertz CT molecular complexity index is 2090. The van der Waals surface area contributed by atoms with Crippen LogP contribution in [0, 0.1) is 5.92 Å². The van der Waals surface area contributed by atoms with E-state index >= 15 is 0 Å². The van der Waals surface area contributed by atoms with Gasteiger partial charge in [-0.15, -0.1) is 5.10 Å². The maximum absolute atomic E-state index is 12.7. The van der Waals surface area contributed by atoms with Crippen molar-refractivity contribution in [3.8, 4) is 22.5 Å². The molecule has 1 heterocycles. The van der Waals surface area contributed by atoms with E-state index in [0.717, 1.165) is 44.5 Å². The summed E-state index contributed by atoms with van der Waals surface area (Å²) in [6, 6.07) is 57.6. The summed E-state index contributed by atoms with van der Waals surface area (Å²) in [4.78, 5) is 12.7. The number of alkyl carbamates (subject to hydrolysis) is 1. The lowest BCUT2D eigenvalue weighted by Crippen LogP contribution is -2.40. The highest BCUT2D eigenvalue weighted by molar-refractivity contribution is 5.81. The third kappa shape index (κ3) is 7.12. The first kappa shape index (κ1) is 34.1. The number of carbonyl (C=O) groups excluding carboxylic acids is 1. The van der Waals surface area contributed by atoms with Gasteiger partial charge < -0.3 is 10.1 Å². The van der Waals surface area contributed by atoms with Crippen molar-refractivity contribution >= 4 is 6.09 Å². The Morgan fingerprint density at radius 1 is 0.635 bits per heavy atom. The van der Waals surface area contributed by atoms with Crippen LogP contribution in [0.1, 0.15) is 41.7 Å². The van der Waals surface area contributed by atoms with E-state index in [9.17, 15) is 4.79 Å². The lowest BCUT2D eigenvalue weighted by Gasteiger charge is -2.36. The molecule has 1 atom stereocenters. The lowest BCUT2D eigenvalue weighted by atomic mass is 9.77. The van der Waals surface area contributed by atoms with Gasteiger partial charge in [-0.3, -0.25) is 0 Å². The second kappa shape index (κ2) is 15.7. The first-order valence-electron chi connectivity index (χ1n) is 17.7. The summed E-state index contributed by atoms with van der Waals surface area (Å²) < 4.78 is 7.49. The fourth-order valence-electron chi connectivity index (χ4n) is 6.86. The van der Waals surface area contributed by atoms with Crippen molar-refractivity contribution in [2.75, 3.05) is 0 Å².